The van der Waals surface area contributed by atoms with Gasteiger partial charge in [0.25, 0.3) is 0 Å². The van der Waals surface area contributed by atoms with E-state index in [4.69, 9.17) is 9.41 Å². The van der Waals surface area contributed by atoms with Gasteiger partial charge in [0.05, 0.1) is 6.26 Å². The van der Waals surface area contributed by atoms with Crippen LogP contribution < -0.4 is 15.5 Å². The SMILES string of the molecule is CCCCN=C(NCCc1ccco1)NC1CCN(c2ccccc2)CC1.I. The molecule has 0 amide bonds. The molecule has 1 aliphatic heterocycles. The van der Waals surface area contributed by atoms with Gasteiger partial charge < -0.3 is 20.0 Å². The normalized spacial score (nSPS) is 15.2. The lowest BCUT2D eigenvalue weighted by atomic mass is 10.0. The first kappa shape index (κ1) is 22.6. The highest BCUT2D eigenvalue weighted by atomic mass is 127. The van der Waals surface area contributed by atoms with E-state index in [-0.39, 0.29) is 24.0 Å². The second-order valence-corrected chi connectivity index (χ2v) is 7.08. The Hall–Kier alpha value is -1.70. The Bertz CT molecular complexity index is 667. The Morgan fingerprint density at radius 3 is 2.61 bits per heavy atom. The van der Waals surface area contributed by atoms with Crippen LogP contribution >= 0.6 is 24.0 Å². The average Bonchev–Trinajstić information content (AvgIpc) is 3.23. The van der Waals surface area contributed by atoms with E-state index in [0.29, 0.717) is 6.04 Å². The van der Waals surface area contributed by atoms with Crippen LogP contribution in [0.25, 0.3) is 0 Å². The highest BCUT2D eigenvalue weighted by molar-refractivity contribution is 14.0. The van der Waals surface area contributed by atoms with Gasteiger partial charge in [-0.2, -0.15) is 0 Å². The van der Waals surface area contributed by atoms with E-state index < -0.39 is 0 Å². The molecule has 154 valence electrons. The zero-order valence-corrected chi connectivity index (χ0v) is 19.1. The molecule has 28 heavy (non-hydrogen) atoms. The highest BCUT2D eigenvalue weighted by Crippen LogP contribution is 2.19. The van der Waals surface area contributed by atoms with E-state index in [0.717, 1.165) is 63.6 Å². The van der Waals surface area contributed by atoms with E-state index in [1.807, 2.05) is 12.1 Å². The Labute approximate surface area is 186 Å². The number of hydrogen-bond acceptors (Lipinski definition) is 3. The smallest absolute Gasteiger partial charge is 0.191 e. The molecule has 2 aromatic rings. The van der Waals surface area contributed by atoms with Gasteiger partial charge in [-0.1, -0.05) is 31.5 Å². The Morgan fingerprint density at radius 1 is 1.14 bits per heavy atom. The van der Waals surface area contributed by atoms with E-state index >= 15 is 0 Å². The van der Waals surface area contributed by atoms with Crippen LogP contribution in [0.3, 0.4) is 0 Å². The number of nitrogens with one attached hydrogen (secondary N) is 2. The predicted octanol–water partition coefficient (Wildman–Crippen LogP) is 4.44. The maximum Gasteiger partial charge on any atom is 0.191 e. The number of piperidine rings is 1. The summed E-state index contributed by atoms with van der Waals surface area (Å²) in [6.07, 6.45) is 7.14. The molecule has 1 saturated heterocycles. The number of benzene rings is 1. The van der Waals surface area contributed by atoms with Gasteiger partial charge in [0, 0.05) is 44.3 Å². The van der Waals surface area contributed by atoms with Crippen molar-refractivity contribution in [2.45, 2.75) is 45.1 Å². The fraction of sp³-hybridized carbons (Fsp3) is 0.500. The number of guanidine groups is 1. The van der Waals surface area contributed by atoms with Gasteiger partial charge in [0.15, 0.2) is 5.96 Å². The number of anilines is 1. The van der Waals surface area contributed by atoms with Crippen molar-refractivity contribution < 1.29 is 4.42 Å². The monoisotopic (exact) mass is 496 g/mol. The maximum atomic E-state index is 5.41. The summed E-state index contributed by atoms with van der Waals surface area (Å²) in [5, 5.41) is 7.12. The molecule has 1 aromatic carbocycles. The van der Waals surface area contributed by atoms with Crippen molar-refractivity contribution in [2.75, 3.05) is 31.1 Å². The average molecular weight is 496 g/mol. The summed E-state index contributed by atoms with van der Waals surface area (Å²) in [4.78, 5) is 7.22. The van der Waals surface area contributed by atoms with Gasteiger partial charge in [0.2, 0.25) is 0 Å². The molecule has 0 atom stereocenters. The van der Waals surface area contributed by atoms with Crippen LogP contribution in [0.1, 0.15) is 38.4 Å². The molecule has 1 fully saturated rings. The van der Waals surface area contributed by atoms with Gasteiger partial charge in [0.1, 0.15) is 5.76 Å². The van der Waals surface area contributed by atoms with E-state index in [1.54, 1.807) is 6.26 Å². The first-order chi connectivity index (χ1) is 13.3. The van der Waals surface area contributed by atoms with Gasteiger partial charge in [-0.3, -0.25) is 4.99 Å². The quantitative estimate of drug-likeness (QED) is 0.246. The highest BCUT2D eigenvalue weighted by Gasteiger charge is 2.20. The molecule has 0 spiro atoms. The third-order valence-electron chi connectivity index (χ3n) is 4.98. The summed E-state index contributed by atoms with van der Waals surface area (Å²) < 4.78 is 5.41. The molecular weight excluding hydrogens is 463 g/mol. The summed E-state index contributed by atoms with van der Waals surface area (Å²) in [5.41, 5.74) is 1.32. The maximum absolute atomic E-state index is 5.41. The molecule has 0 aliphatic carbocycles. The molecule has 2 heterocycles. The standard InChI is InChI=1S/C22H32N4O.HI/c1-2-3-14-23-22(24-15-11-21-10-7-18-27-21)25-19-12-16-26(17-13-19)20-8-5-4-6-9-20;/h4-10,18-19H,2-3,11-17H2,1H3,(H2,23,24,25);1H. The van der Waals surface area contributed by atoms with Gasteiger partial charge in [-0.05, 0) is 43.5 Å². The van der Waals surface area contributed by atoms with E-state index in [9.17, 15) is 0 Å². The minimum absolute atomic E-state index is 0. The molecule has 5 nitrogen and oxygen atoms in total. The Morgan fingerprint density at radius 2 is 1.93 bits per heavy atom. The number of nitrogens with zero attached hydrogens (tertiary/aromatic N) is 2. The molecular formula is C22H33IN4O. The summed E-state index contributed by atoms with van der Waals surface area (Å²) in [6.45, 7) is 6.06. The Kier molecular flexibility index (Phi) is 10.2. The molecule has 6 heteroatoms. The first-order valence-electron chi connectivity index (χ1n) is 10.2. The molecule has 1 aliphatic rings. The molecule has 1 aromatic heterocycles. The fourth-order valence-corrected chi connectivity index (χ4v) is 3.37. The van der Waals surface area contributed by atoms with Gasteiger partial charge >= 0.3 is 0 Å². The number of aliphatic imine (C=N–C) groups is 1. The second-order valence-electron chi connectivity index (χ2n) is 7.08. The molecule has 3 rings (SSSR count). The van der Waals surface area contributed by atoms with Crippen LogP contribution in [0.15, 0.2) is 58.1 Å². The van der Waals surface area contributed by atoms with Gasteiger partial charge in [-0.15, -0.1) is 24.0 Å². The molecule has 0 saturated carbocycles. The number of unbranched alkanes of at least 4 members (excludes halogenated alkanes) is 1. The van der Waals surface area contributed by atoms with Gasteiger partial charge in [-0.25, -0.2) is 0 Å². The third kappa shape index (κ3) is 7.37. The first-order valence-corrected chi connectivity index (χ1v) is 10.2. The number of para-hydroxylation sites is 1. The zero-order chi connectivity index (χ0) is 18.7. The number of rotatable bonds is 8. The molecule has 0 unspecified atom stereocenters. The van der Waals surface area contributed by atoms with Crippen molar-refractivity contribution in [1.29, 1.82) is 0 Å². The molecule has 0 radical (unpaired) electrons. The van der Waals surface area contributed by atoms with Crippen molar-refractivity contribution in [2.24, 2.45) is 4.99 Å². The molecule has 2 N–H and O–H groups in total. The summed E-state index contributed by atoms with van der Waals surface area (Å²) in [6, 6.07) is 15.1. The van der Waals surface area contributed by atoms with Crippen molar-refractivity contribution in [3.63, 3.8) is 0 Å². The summed E-state index contributed by atoms with van der Waals surface area (Å²) >= 11 is 0. The topological polar surface area (TPSA) is 52.8 Å². The Balaban J connectivity index is 0.00000280. The van der Waals surface area contributed by atoms with E-state index in [2.05, 4.69) is 52.8 Å². The fourth-order valence-electron chi connectivity index (χ4n) is 3.37. The zero-order valence-electron chi connectivity index (χ0n) is 16.8. The number of furan rings is 1. The minimum Gasteiger partial charge on any atom is -0.469 e. The van der Waals surface area contributed by atoms with Crippen molar-refractivity contribution in [3.8, 4) is 0 Å². The summed E-state index contributed by atoms with van der Waals surface area (Å²) in [7, 11) is 0. The third-order valence-corrected chi connectivity index (χ3v) is 4.98. The van der Waals surface area contributed by atoms with Crippen LogP contribution in [0.4, 0.5) is 5.69 Å². The van der Waals surface area contributed by atoms with Crippen LogP contribution in [0.5, 0.6) is 0 Å². The largest absolute Gasteiger partial charge is 0.469 e. The van der Waals surface area contributed by atoms with Crippen LogP contribution in [0, 0.1) is 0 Å². The second kappa shape index (κ2) is 12.7. The summed E-state index contributed by atoms with van der Waals surface area (Å²) in [5.74, 6) is 1.94. The van der Waals surface area contributed by atoms with Crippen molar-refractivity contribution >= 4 is 35.6 Å². The lowest BCUT2D eigenvalue weighted by molar-refractivity contribution is 0.460. The van der Waals surface area contributed by atoms with E-state index in [1.165, 1.54) is 12.1 Å². The minimum atomic E-state index is 0. The van der Waals surface area contributed by atoms with Crippen LogP contribution in [0.2, 0.25) is 0 Å². The number of halogens is 1. The predicted molar refractivity (Wildman–Crippen MR) is 128 cm³/mol. The van der Waals surface area contributed by atoms with Crippen LogP contribution in [-0.4, -0.2) is 38.2 Å². The lowest BCUT2D eigenvalue weighted by Gasteiger charge is -2.34. The number of hydrogen-bond donors (Lipinski definition) is 2. The van der Waals surface area contributed by atoms with Crippen molar-refractivity contribution in [1.82, 2.24) is 10.6 Å². The lowest BCUT2D eigenvalue weighted by Crippen LogP contribution is -2.49. The van der Waals surface area contributed by atoms with Crippen LogP contribution in [-0.2, 0) is 6.42 Å². The molecule has 0 bridgehead atoms. The van der Waals surface area contributed by atoms with Crippen molar-refractivity contribution in [3.05, 3.63) is 54.5 Å².